The summed E-state index contributed by atoms with van der Waals surface area (Å²) >= 11 is 0. The summed E-state index contributed by atoms with van der Waals surface area (Å²) < 4.78 is 72.9. The van der Waals surface area contributed by atoms with Crippen LogP contribution in [0.5, 0.6) is 5.75 Å². The van der Waals surface area contributed by atoms with E-state index in [9.17, 15) is 26.4 Å². The van der Waals surface area contributed by atoms with Gasteiger partial charge in [0.2, 0.25) is 15.9 Å². The number of amides is 1. The standard InChI is InChI=1S/C23H27F3N2O4S/c1-4-28(5-2)33(30,31)21-13-15(11-12-20(21)32-6-3)27-22(29)18-14-17(18)16-9-7-8-10-19(16)23(24,25)26/h7-13,17-18H,4-6,14H2,1-3H3,(H,27,29). The van der Waals surface area contributed by atoms with Crippen LogP contribution in [0.15, 0.2) is 47.4 Å². The van der Waals surface area contributed by atoms with E-state index in [1.165, 1.54) is 40.7 Å². The summed E-state index contributed by atoms with van der Waals surface area (Å²) in [5, 5.41) is 2.66. The average Bonchev–Trinajstić information content (AvgIpc) is 3.56. The van der Waals surface area contributed by atoms with Crippen molar-refractivity contribution in [3.8, 4) is 5.75 Å². The quantitative estimate of drug-likeness (QED) is 0.551. The second-order valence-electron chi connectivity index (χ2n) is 7.71. The van der Waals surface area contributed by atoms with Gasteiger partial charge in [0, 0.05) is 24.7 Å². The zero-order valence-electron chi connectivity index (χ0n) is 18.6. The zero-order chi connectivity index (χ0) is 24.4. The van der Waals surface area contributed by atoms with Crippen molar-refractivity contribution in [2.75, 3.05) is 25.0 Å². The molecule has 2 aromatic carbocycles. The van der Waals surface area contributed by atoms with Gasteiger partial charge in [0.05, 0.1) is 12.2 Å². The molecule has 0 aliphatic heterocycles. The fraction of sp³-hybridized carbons (Fsp3) is 0.435. The number of carbonyl (C=O) groups is 1. The molecule has 0 bridgehead atoms. The summed E-state index contributed by atoms with van der Waals surface area (Å²) in [6.07, 6.45) is -4.20. The monoisotopic (exact) mass is 484 g/mol. The summed E-state index contributed by atoms with van der Waals surface area (Å²) in [6.45, 7) is 5.97. The summed E-state index contributed by atoms with van der Waals surface area (Å²) in [4.78, 5) is 12.7. The molecule has 0 radical (unpaired) electrons. The number of nitrogens with one attached hydrogen (secondary N) is 1. The topological polar surface area (TPSA) is 75.7 Å². The van der Waals surface area contributed by atoms with Crippen molar-refractivity contribution in [3.05, 3.63) is 53.6 Å². The molecule has 0 heterocycles. The van der Waals surface area contributed by atoms with E-state index < -0.39 is 39.5 Å². The smallest absolute Gasteiger partial charge is 0.416 e. The Hall–Kier alpha value is -2.59. The van der Waals surface area contributed by atoms with E-state index in [1.54, 1.807) is 20.8 Å². The molecule has 0 aromatic heterocycles. The third-order valence-corrected chi connectivity index (χ3v) is 7.70. The Morgan fingerprint density at radius 2 is 1.79 bits per heavy atom. The minimum Gasteiger partial charge on any atom is -0.492 e. The Kier molecular flexibility index (Phi) is 7.38. The van der Waals surface area contributed by atoms with Crippen molar-refractivity contribution in [2.24, 2.45) is 5.92 Å². The maximum atomic E-state index is 13.3. The zero-order valence-corrected chi connectivity index (χ0v) is 19.5. The van der Waals surface area contributed by atoms with Gasteiger partial charge in [-0.2, -0.15) is 17.5 Å². The summed E-state index contributed by atoms with van der Waals surface area (Å²) in [7, 11) is -3.86. The van der Waals surface area contributed by atoms with Gasteiger partial charge in [0.15, 0.2) is 0 Å². The average molecular weight is 485 g/mol. The Bertz CT molecular complexity index is 1110. The number of anilines is 1. The molecular formula is C23H27F3N2O4S. The predicted molar refractivity (Wildman–Crippen MR) is 119 cm³/mol. The maximum Gasteiger partial charge on any atom is 0.416 e. The molecule has 180 valence electrons. The normalized spacial score (nSPS) is 18.3. The van der Waals surface area contributed by atoms with Crippen LogP contribution < -0.4 is 10.1 Å². The van der Waals surface area contributed by atoms with E-state index in [0.29, 0.717) is 6.42 Å². The number of carbonyl (C=O) groups excluding carboxylic acids is 1. The summed E-state index contributed by atoms with van der Waals surface area (Å²) in [5.41, 5.74) is -0.399. The van der Waals surface area contributed by atoms with Crippen molar-refractivity contribution in [1.29, 1.82) is 0 Å². The predicted octanol–water partition coefficient (Wildman–Crippen LogP) is 4.88. The number of rotatable bonds is 9. The molecule has 2 atom stereocenters. The van der Waals surface area contributed by atoms with Gasteiger partial charge in [-0.05, 0) is 49.1 Å². The minimum atomic E-state index is -4.50. The highest BCUT2D eigenvalue weighted by atomic mass is 32.2. The first kappa shape index (κ1) is 25.0. The van der Waals surface area contributed by atoms with Crippen molar-refractivity contribution in [3.63, 3.8) is 0 Å². The van der Waals surface area contributed by atoms with Crippen molar-refractivity contribution in [1.82, 2.24) is 4.31 Å². The third-order valence-electron chi connectivity index (χ3n) is 5.63. The Morgan fingerprint density at radius 1 is 1.12 bits per heavy atom. The van der Waals surface area contributed by atoms with Gasteiger partial charge in [0.1, 0.15) is 10.6 Å². The largest absolute Gasteiger partial charge is 0.492 e. The number of sulfonamides is 1. The minimum absolute atomic E-state index is 0.0689. The fourth-order valence-corrected chi connectivity index (χ4v) is 5.52. The number of hydrogen-bond acceptors (Lipinski definition) is 4. The van der Waals surface area contributed by atoms with Gasteiger partial charge in [0.25, 0.3) is 0 Å². The summed E-state index contributed by atoms with van der Waals surface area (Å²) in [6, 6.07) is 9.57. The number of benzene rings is 2. The van der Waals surface area contributed by atoms with Crippen LogP contribution in [0.4, 0.5) is 18.9 Å². The molecule has 1 fully saturated rings. The molecular weight excluding hydrogens is 457 g/mol. The first-order valence-electron chi connectivity index (χ1n) is 10.8. The molecule has 33 heavy (non-hydrogen) atoms. The van der Waals surface area contributed by atoms with Crippen LogP contribution in [-0.4, -0.2) is 38.3 Å². The lowest BCUT2D eigenvalue weighted by Crippen LogP contribution is -2.31. The van der Waals surface area contributed by atoms with Gasteiger partial charge in [-0.1, -0.05) is 32.0 Å². The molecule has 1 aliphatic rings. The van der Waals surface area contributed by atoms with Gasteiger partial charge in [-0.25, -0.2) is 8.42 Å². The molecule has 10 heteroatoms. The molecule has 0 spiro atoms. The SMILES string of the molecule is CCOc1ccc(NC(=O)C2CC2c2ccccc2C(F)(F)F)cc1S(=O)(=O)N(CC)CC. The van der Waals surface area contributed by atoms with Gasteiger partial charge in [-0.15, -0.1) is 0 Å². The van der Waals surface area contributed by atoms with Crippen LogP contribution in [0.3, 0.4) is 0 Å². The van der Waals surface area contributed by atoms with E-state index in [2.05, 4.69) is 5.32 Å². The van der Waals surface area contributed by atoms with Crippen molar-refractivity contribution in [2.45, 2.75) is 44.2 Å². The molecule has 2 aromatic rings. The molecule has 0 saturated heterocycles. The van der Waals surface area contributed by atoms with Gasteiger partial charge >= 0.3 is 6.18 Å². The Balaban J connectivity index is 1.83. The van der Waals surface area contributed by atoms with Crippen LogP contribution >= 0.6 is 0 Å². The molecule has 1 N–H and O–H groups in total. The molecule has 6 nitrogen and oxygen atoms in total. The Morgan fingerprint density at radius 3 is 2.39 bits per heavy atom. The van der Waals surface area contributed by atoms with Crippen LogP contribution in [-0.2, 0) is 21.0 Å². The van der Waals surface area contributed by atoms with E-state index >= 15 is 0 Å². The number of ether oxygens (including phenoxy) is 1. The van der Waals surface area contributed by atoms with E-state index in [4.69, 9.17) is 4.74 Å². The number of nitrogens with zero attached hydrogens (tertiary/aromatic N) is 1. The van der Waals surface area contributed by atoms with Gasteiger partial charge < -0.3 is 10.1 Å². The molecule has 3 rings (SSSR count). The van der Waals surface area contributed by atoms with Crippen LogP contribution in [0.1, 0.15) is 44.2 Å². The number of hydrogen-bond donors (Lipinski definition) is 1. The molecule has 1 amide bonds. The van der Waals surface area contributed by atoms with Crippen LogP contribution in [0.25, 0.3) is 0 Å². The summed E-state index contributed by atoms with van der Waals surface area (Å²) in [5.74, 6) is -1.44. The van der Waals surface area contributed by atoms with Crippen LogP contribution in [0.2, 0.25) is 0 Å². The van der Waals surface area contributed by atoms with Crippen molar-refractivity contribution >= 4 is 21.6 Å². The van der Waals surface area contributed by atoms with Crippen molar-refractivity contribution < 1.29 is 31.1 Å². The molecule has 2 unspecified atom stereocenters. The second kappa shape index (κ2) is 9.72. The lowest BCUT2D eigenvalue weighted by atomic mass is 10.0. The van der Waals surface area contributed by atoms with Gasteiger partial charge in [-0.3, -0.25) is 4.79 Å². The van der Waals surface area contributed by atoms with E-state index in [-0.39, 0.29) is 41.6 Å². The highest BCUT2D eigenvalue weighted by molar-refractivity contribution is 7.89. The number of alkyl halides is 3. The Labute approximate surface area is 191 Å². The lowest BCUT2D eigenvalue weighted by Gasteiger charge is -2.21. The lowest BCUT2D eigenvalue weighted by molar-refractivity contribution is -0.138. The first-order chi connectivity index (χ1) is 15.5. The highest BCUT2D eigenvalue weighted by Crippen LogP contribution is 2.51. The fourth-order valence-electron chi connectivity index (χ4n) is 3.91. The molecule has 1 aliphatic carbocycles. The van der Waals surface area contributed by atoms with Crippen LogP contribution in [0, 0.1) is 5.92 Å². The first-order valence-corrected chi connectivity index (χ1v) is 12.2. The van der Waals surface area contributed by atoms with E-state index in [1.807, 2.05) is 0 Å². The maximum absolute atomic E-state index is 13.3. The number of halogens is 3. The van der Waals surface area contributed by atoms with E-state index in [0.717, 1.165) is 6.07 Å². The highest BCUT2D eigenvalue weighted by Gasteiger charge is 2.47. The second-order valence-corrected chi connectivity index (χ2v) is 9.61. The third kappa shape index (κ3) is 5.33. The molecule has 1 saturated carbocycles.